The van der Waals surface area contributed by atoms with Gasteiger partial charge in [0.05, 0.1) is 33.8 Å². The first-order valence-corrected chi connectivity index (χ1v) is 32.4. The van der Waals surface area contributed by atoms with Crippen molar-refractivity contribution >= 4 is 19.7 Å². The van der Waals surface area contributed by atoms with Crippen molar-refractivity contribution in [2.24, 2.45) is 0 Å². The van der Waals surface area contributed by atoms with E-state index in [2.05, 4.69) is 99.0 Å². The van der Waals surface area contributed by atoms with Gasteiger partial charge in [0.25, 0.3) is 0 Å². The van der Waals surface area contributed by atoms with Crippen LogP contribution in [0.5, 0.6) is 0 Å². The van der Waals surface area contributed by atoms with E-state index in [1.807, 2.05) is 33.3 Å². The van der Waals surface area contributed by atoms with Crippen molar-refractivity contribution in [1.29, 1.82) is 0 Å². The molecule has 0 radical (unpaired) electrons. The lowest BCUT2D eigenvalue weighted by atomic mass is 10.0. The van der Waals surface area contributed by atoms with E-state index in [0.29, 0.717) is 23.9 Å². The number of amides is 1. The molecule has 9 nitrogen and oxygen atoms in total. The molecule has 0 aliphatic heterocycles. The molecule has 0 heterocycles. The predicted molar refractivity (Wildman–Crippen MR) is 323 cm³/mol. The molecule has 1 amide bonds. The summed E-state index contributed by atoms with van der Waals surface area (Å²) in [6, 6.07) is -0.876. The summed E-state index contributed by atoms with van der Waals surface area (Å²) in [5.41, 5.74) is 0. The molecule has 3 atom stereocenters. The SMILES string of the molecule is CC/C=C\C/C=C\C/C=C\C/C=C\C/C=C\CCCC(=O)OC(/C=C/CCCCCCCCCCCCC)C(COP(=O)(O)OCC[N+](C)(C)C)NC(=O)CCCCCCCCCCC/C=C/CCCCCCCC. The maximum Gasteiger partial charge on any atom is 0.472 e. The Bertz CT molecular complexity index is 1560. The van der Waals surface area contributed by atoms with Gasteiger partial charge >= 0.3 is 13.8 Å². The van der Waals surface area contributed by atoms with Crippen LogP contribution in [0.15, 0.2) is 85.1 Å². The van der Waals surface area contributed by atoms with Crippen LogP contribution in [0.1, 0.15) is 265 Å². The minimum Gasteiger partial charge on any atom is -0.456 e. The van der Waals surface area contributed by atoms with Gasteiger partial charge < -0.3 is 19.4 Å². The second-order valence-corrected chi connectivity index (χ2v) is 23.3. The lowest BCUT2D eigenvalue weighted by Gasteiger charge is -2.27. The van der Waals surface area contributed by atoms with Gasteiger partial charge in [-0.2, -0.15) is 0 Å². The number of hydrogen-bond donors (Lipinski definition) is 2. The van der Waals surface area contributed by atoms with E-state index >= 15 is 0 Å². The molecule has 10 heteroatoms. The number of unbranched alkanes of at least 4 members (excludes halogenated alkanes) is 27. The number of nitrogens with zero attached hydrogens (tertiary/aromatic N) is 1. The fraction of sp³-hybridized carbons (Fsp3) is 0.754. The Morgan fingerprint density at radius 3 is 1.32 bits per heavy atom. The molecule has 0 aliphatic carbocycles. The summed E-state index contributed by atoms with van der Waals surface area (Å²) in [6.07, 6.45) is 71.6. The van der Waals surface area contributed by atoms with E-state index in [1.54, 1.807) is 0 Å². The number of hydrogen-bond acceptors (Lipinski definition) is 6. The number of esters is 1. The highest BCUT2D eigenvalue weighted by Crippen LogP contribution is 2.43. The average molecular weight is 1070 g/mol. The molecule has 75 heavy (non-hydrogen) atoms. The third-order valence-electron chi connectivity index (χ3n) is 13.3. The zero-order valence-electron chi connectivity index (χ0n) is 49.5. The molecule has 3 unspecified atom stereocenters. The molecule has 434 valence electrons. The van der Waals surface area contributed by atoms with Crippen molar-refractivity contribution in [1.82, 2.24) is 5.32 Å². The summed E-state index contributed by atoms with van der Waals surface area (Å²) in [5, 5.41) is 3.04. The normalized spacial score (nSPS) is 14.3. The number of carbonyl (C=O) groups is 2. The monoisotopic (exact) mass is 1070 g/mol. The van der Waals surface area contributed by atoms with Crippen molar-refractivity contribution in [2.75, 3.05) is 40.9 Å². The standard InChI is InChI=1S/C65H117N2O7P/c1-7-10-13-16-19-22-25-28-30-32-33-35-36-39-42-45-48-51-54-57-64(68)66-62(61-73-75(70,71)72-60-59-67(4,5)6)63(56-53-50-47-44-41-38-27-24-21-18-15-12-9-3)74-65(69)58-55-52-49-46-43-40-37-34-31-29-26-23-20-17-14-11-8-2/h11,14,20,23,28-31,37,40,46,49,53,56,62-63H,7-10,12-13,15-19,21-22,24-27,32-36,38-39,41-45,47-48,50-52,54-55,57-61H2,1-6H3,(H-,66,68,70,71)/p+1/b14-11-,23-20-,30-28+,31-29-,40-37-,49-46-,56-53+. The Morgan fingerprint density at radius 2 is 0.867 bits per heavy atom. The molecular weight excluding hydrogens is 952 g/mol. The predicted octanol–water partition coefficient (Wildman–Crippen LogP) is 19.0. The molecule has 2 N–H and O–H groups in total. The van der Waals surface area contributed by atoms with Gasteiger partial charge in [0.1, 0.15) is 19.3 Å². The van der Waals surface area contributed by atoms with Gasteiger partial charge in [-0.1, -0.05) is 241 Å². The highest BCUT2D eigenvalue weighted by Gasteiger charge is 2.30. The van der Waals surface area contributed by atoms with Crippen LogP contribution in [-0.2, 0) is 27.9 Å². The second-order valence-electron chi connectivity index (χ2n) is 21.8. The molecule has 0 aromatic carbocycles. The van der Waals surface area contributed by atoms with E-state index in [4.69, 9.17) is 13.8 Å². The van der Waals surface area contributed by atoms with Gasteiger partial charge in [0.2, 0.25) is 5.91 Å². The Morgan fingerprint density at radius 1 is 0.480 bits per heavy atom. The van der Waals surface area contributed by atoms with Crippen LogP contribution in [0.3, 0.4) is 0 Å². The molecule has 0 aromatic rings. The fourth-order valence-corrected chi connectivity index (χ4v) is 9.29. The number of ether oxygens (including phenoxy) is 1. The number of carbonyl (C=O) groups excluding carboxylic acids is 2. The molecule has 0 rings (SSSR count). The van der Waals surface area contributed by atoms with Crippen LogP contribution in [0, 0.1) is 0 Å². The van der Waals surface area contributed by atoms with Crippen LogP contribution < -0.4 is 5.32 Å². The van der Waals surface area contributed by atoms with Gasteiger partial charge in [-0.25, -0.2) is 4.57 Å². The van der Waals surface area contributed by atoms with Crippen LogP contribution in [-0.4, -0.2) is 74.3 Å². The molecule has 0 aromatic heterocycles. The molecular formula is C65H118N2O7P+. The van der Waals surface area contributed by atoms with Gasteiger partial charge in [-0.15, -0.1) is 0 Å². The van der Waals surface area contributed by atoms with E-state index in [9.17, 15) is 19.0 Å². The zero-order valence-corrected chi connectivity index (χ0v) is 50.4. The topological polar surface area (TPSA) is 111 Å². The van der Waals surface area contributed by atoms with Gasteiger partial charge in [0, 0.05) is 12.8 Å². The highest BCUT2D eigenvalue weighted by molar-refractivity contribution is 7.47. The maximum absolute atomic E-state index is 13.5. The van der Waals surface area contributed by atoms with Crippen molar-refractivity contribution < 1.29 is 37.3 Å². The van der Waals surface area contributed by atoms with Gasteiger partial charge in [-0.3, -0.25) is 18.6 Å². The smallest absolute Gasteiger partial charge is 0.456 e. The molecule has 0 saturated heterocycles. The van der Waals surface area contributed by atoms with Crippen LogP contribution in [0.4, 0.5) is 0 Å². The van der Waals surface area contributed by atoms with Crippen LogP contribution in [0.2, 0.25) is 0 Å². The van der Waals surface area contributed by atoms with Gasteiger partial charge in [0.15, 0.2) is 0 Å². The first kappa shape index (κ1) is 72.2. The quantitative estimate of drug-likeness (QED) is 0.0205. The van der Waals surface area contributed by atoms with Crippen molar-refractivity contribution in [3.8, 4) is 0 Å². The van der Waals surface area contributed by atoms with Crippen molar-refractivity contribution in [2.45, 2.75) is 277 Å². The minimum absolute atomic E-state index is 0.0282. The first-order valence-electron chi connectivity index (χ1n) is 30.9. The molecule has 0 spiro atoms. The number of rotatable bonds is 55. The summed E-state index contributed by atoms with van der Waals surface area (Å²) < 4.78 is 30.6. The van der Waals surface area contributed by atoms with Crippen LogP contribution >= 0.6 is 7.82 Å². The molecule has 0 bridgehead atoms. The molecule has 0 aliphatic rings. The largest absolute Gasteiger partial charge is 0.472 e. The Balaban J connectivity index is 5.38. The summed E-state index contributed by atoms with van der Waals surface area (Å²) in [5.74, 6) is -0.575. The summed E-state index contributed by atoms with van der Waals surface area (Å²) in [7, 11) is 1.46. The van der Waals surface area contributed by atoms with Crippen LogP contribution in [0.25, 0.3) is 0 Å². The maximum atomic E-state index is 13.5. The number of allylic oxidation sites excluding steroid dienone is 13. The Hall–Kier alpha value is -2.81. The summed E-state index contributed by atoms with van der Waals surface area (Å²) in [4.78, 5) is 37.7. The minimum atomic E-state index is -4.46. The van der Waals surface area contributed by atoms with Crippen molar-refractivity contribution in [3.63, 3.8) is 0 Å². The van der Waals surface area contributed by atoms with E-state index in [1.165, 1.54) is 148 Å². The molecule has 0 saturated carbocycles. The fourth-order valence-electron chi connectivity index (χ4n) is 8.56. The van der Waals surface area contributed by atoms with Gasteiger partial charge in [-0.05, 0) is 96.0 Å². The first-order chi connectivity index (χ1) is 36.4. The Labute approximate surface area is 463 Å². The lowest BCUT2D eigenvalue weighted by Crippen LogP contribution is -2.47. The zero-order chi connectivity index (χ0) is 55.0. The number of phosphoric acid groups is 1. The third-order valence-corrected chi connectivity index (χ3v) is 14.3. The van der Waals surface area contributed by atoms with E-state index in [-0.39, 0.29) is 31.5 Å². The molecule has 0 fully saturated rings. The highest BCUT2D eigenvalue weighted by atomic mass is 31.2. The average Bonchev–Trinajstić information content (AvgIpc) is 3.37. The Kier molecular flexibility index (Phi) is 52.5. The second kappa shape index (κ2) is 54.5. The number of phosphoric ester groups is 1. The number of quaternary nitrogens is 1. The lowest BCUT2D eigenvalue weighted by molar-refractivity contribution is -0.870. The van der Waals surface area contributed by atoms with E-state index in [0.717, 1.165) is 77.0 Å². The van der Waals surface area contributed by atoms with Crippen molar-refractivity contribution in [3.05, 3.63) is 85.1 Å². The third kappa shape index (κ3) is 55.7. The van der Waals surface area contributed by atoms with E-state index < -0.39 is 20.0 Å². The summed E-state index contributed by atoms with van der Waals surface area (Å²) in [6.45, 7) is 6.86. The number of likely N-dealkylation sites (N-methyl/N-ethyl adjacent to an activating group) is 1. The number of nitrogens with one attached hydrogen (secondary N) is 1. The summed E-state index contributed by atoms with van der Waals surface area (Å²) >= 11 is 0.